The standard InChI is InChI=1S/C5H10O5/c6-1-2-3(7)4(8)5(9)10-2/h2-9H,1H2/t2?,3-,4+,5-/m1/s1. The second-order valence-corrected chi connectivity index (χ2v) is 2.23. The van der Waals surface area contributed by atoms with Crippen LogP contribution in [0.5, 0.6) is 0 Å². The first-order valence-corrected chi connectivity index (χ1v) is 2.97. The van der Waals surface area contributed by atoms with Crippen molar-refractivity contribution < 1.29 is 25.2 Å². The van der Waals surface area contributed by atoms with Crippen LogP contribution in [0.1, 0.15) is 0 Å². The zero-order valence-corrected chi connectivity index (χ0v) is 5.21. The van der Waals surface area contributed by atoms with Gasteiger partial charge in [0, 0.05) is 0 Å². The van der Waals surface area contributed by atoms with Crippen molar-refractivity contribution in [2.75, 3.05) is 6.61 Å². The van der Waals surface area contributed by atoms with E-state index in [1.807, 2.05) is 0 Å². The molecule has 0 saturated carbocycles. The molecule has 5 nitrogen and oxygen atoms in total. The van der Waals surface area contributed by atoms with Crippen molar-refractivity contribution in [1.82, 2.24) is 0 Å². The molecule has 0 aromatic carbocycles. The highest BCUT2D eigenvalue weighted by Crippen LogP contribution is 2.18. The van der Waals surface area contributed by atoms with Crippen LogP contribution in [-0.2, 0) is 4.74 Å². The van der Waals surface area contributed by atoms with E-state index >= 15 is 0 Å². The third-order valence-corrected chi connectivity index (χ3v) is 1.52. The molecule has 0 bridgehead atoms. The van der Waals surface area contributed by atoms with Gasteiger partial charge in [0.25, 0.3) is 0 Å². The number of aliphatic hydroxyl groups is 4. The molecule has 10 heavy (non-hydrogen) atoms. The first-order valence-electron chi connectivity index (χ1n) is 2.97. The molecule has 0 aliphatic carbocycles. The summed E-state index contributed by atoms with van der Waals surface area (Å²) in [7, 11) is 0. The van der Waals surface area contributed by atoms with Crippen LogP contribution in [-0.4, -0.2) is 51.6 Å². The molecule has 1 saturated heterocycles. The van der Waals surface area contributed by atoms with Crippen LogP contribution >= 0.6 is 0 Å². The Morgan fingerprint density at radius 2 is 1.70 bits per heavy atom. The highest BCUT2D eigenvalue weighted by atomic mass is 16.6. The summed E-state index contributed by atoms with van der Waals surface area (Å²) in [6, 6.07) is 0. The lowest BCUT2D eigenvalue weighted by molar-refractivity contribution is -0.132. The maximum absolute atomic E-state index is 8.93. The van der Waals surface area contributed by atoms with Gasteiger partial charge in [-0.05, 0) is 0 Å². The minimum atomic E-state index is -1.38. The van der Waals surface area contributed by atoms with Crippen LogP contribution < -0.4 is 0 Å². The van der Waals surface area contributed by atoms with Gasteiger partial charge in [0.1, 0.15) is 18.3 Å². The second-order valence-electron chi connectivity index (χ2n) is 2.23. The van der Waals surface area contributed by atoms with Gasteiger partial charge in [0.15, 0.2) is 6.29 Å². The smallest absolute Gasteiger partial charge is 0.184 e. The Morgan fingerprint density at radius 3 is 1.90 bits per heavy atom. The van der Waals surface area contributed by atoms with Gasteiger partial charge in [-0.2, -0.15) is 0 Å². The van der Waals surface area contributed by atoms with E-state index in [1.165, 1.54) is 0 Å². The molecule has 0 amide bonds. The van der Waals surface area contributed by atoms with Crippen molar-refractivity contribution in [3.63, 3.8) is 0 Å². The van der Waals surface area contributed by atoms with E-state index in [-0.39, 0.29) is 0 Å². The molecular weight excluding hydrogens is 140 g/mol. The molecule has 0 radical (unpaired) electrons. The van der Waals surface area contributed by atoms with Crippen LogP contribution in [0.3, 0.4) is 0 Å². The zero-order valence-electron chi connectivity index (χ0n) is 5.21. The van der Waals surface area contributed by atoms with E-state index in [9.17, 15) is 0 Å². The average molecular weight is 150 g/mol. The summed E-state index contributed by atoms with van der Waals surface area (Å²) in [5, 5.41) is 35.0. The van der Waals surface area contributed by atoms with Crippen molar-refractivity contribution in [1.29, 1.82) is 0 Å². The molecule has 4 N–H and O–H groups in total. The number of ether oxygens (including phenoxy) is 1. The Morgan fingerprint density at radius 1 is 1.10 bits per heavy atom. The van der Waals surface area contributed by atoms with Crippen molar-refractivity contribution in [2.45, 2.75) is 24.6 Å². The van der Waals surface area contributed by atoms with Gasteiger partial charge >= 0.3 is 0 Å². The first-order chi connectivity index (χ1) is 4.66. The van der Waals surface area contributed by atoms with Crippen molar-refractivity contribution in [2.24, 2.45) is 0 Å². The summed E-state index contributed by atoms with van der Waals surface area (Å²) in [6.07, 6.45) is -4.76. The predicted molar refractivity (Wildman–Crippen MR) is 30.0 cm³/mol. The summed E-state index contributed by atoms with van der Waals surface area (Å²) in [5.41, 5.74) is 0. The maximum Gasteiger partial charge on any atom is 0.184 e. The highest BCUT2D eigenvalue weighted by Gasteiger charge is 2.41. The molecule has 1 heterocycles. The lowest BCUT2D eigenvalue weighted by Crippen LogP contribution is -2.33. The quantitative estimate of drug-likeness (QED) is 0.329. The molecule has 1 fully saturated rings. The topological polar surface area (TPSA) is 90.2 Å². The van der Waals surface area contributed by atoms with E-state index in [0.717, 1.165) is 0 Å². The SMILES string of the molecule is OCC1O[C@@H](O)[C@@H](O)[C@@H]1O. The van der Waals surface area contributed by atoms with Gasteiger partial charge in [0.05, 0.1) is 6.61 Å². The lowest BCUT2D eigenvalue weighted by atomic mass is 10.1. The van der Waals surface area contributed by atoms with E-state index < -0.39 is 31.2 Å². The van der Waals surface area contributed by atoms with Gasteiger partial charge < -0.3 is 25.2 Å². The Labute approximate surface area is 57.5 Å². The average Bonchev–Trinajstić information content (AvgIpc) is 2.17. The number of aliphatic hydroxyl groups excluding tert-OH is 4. The third-order valence-electron chi connectivity index (χ3n) is 1.52. The van der Waals surface area contributed by atoms with Crippen molar-refractivity contribution in [3.8, 4) is 0 Å². The molecule has 1 aliphatic rings. The molecule has 1 rings (SSSR count). The summed E-state index contributed by atoms with van der Waals surface area (Å²) >= 11 is 0. The van der Waals surface area contributed by atoms with Gasteiger partial charge in [-0.3, -0.25) is 0 Å². The van der Waals surface area contributed by atoms with E-state index in [1.54, 1.807) is 0 Å². The summed E-state index contributed by atoms with van der Waals surface area (Å²) in [5.74, 6) is 0. The zero-order chi connectivity index (χ0) is 7.72. The normalized spacial score (nSPS) is 48.0. The van der Waals surface area contributed by atoms with E-state index in [4.69, 9.17) is 20.4 Å². The molecule has 0 aromatic heterocycles. The van der Waals surface area contributed by atoms with Crippen molar-refractivity contribution in [3.05, 3.63) is 0 Å². The summed E-state index contributed by atoms with van der Waals surface area (Å²) < 4.78 is 4.54. The van der Waals surface area contributed by atoms with Gasteiger partial charge in [0.2, 0.25) is 0 Å². The highest BCUT2D eigenvalue weighted by molar-refractivity contribution is 4.84. The van der Waals surface area contributed by atoms with Crippen LogP contribution in [0.15, 0.2) is 0 Å². The number of hydrogen-bond donors (Lipinski definition) is 4. The Balaban J connectivity index is 2.53. The monoisotopic (exact) mass is 150 g/mol. The Hall–Kier alpha value is -0.200. The summed E-state index contributed by atoms with van der Waals surface area (Å²) in [4.78, 5) is 0. The van der Waals surface area contributed by atoms with E-state index in [0.29, 0.717) is 0 Å². The minimum absolute atomic E-state index is 0.407. The largest absolute Gasteiger partial charge is 0.394 e. The van der Waals surface area contributed by atoms with Crippen LogP contribution in [0, 0.1) is 0 Å². The van der Waals surface area contributed by atoms with Crippen molar-refractivity contribution >= 4 is 0 Å². The minimum Gasteiger partial charge on any atom is -0.394 e. The lowest BCUT2D eigenvalue weighted by Gasteiger charge is -2.09. The predicted octanol–water partition coefficient (Wildman–Crippen LogP) is -2.58. The summed E-state index contributed by atoms with van der Waals surface area (Å²) in [6.45, 7) is -0.407. The number of rotatable bonds is 1. The Bertz CT molecular complexity index is 117. The van der Waals surface area contributed by atoms with Crippen LogP contribution in [0.4, 0.5) is 0 Å². The molecular formula is C5H10O5. The molecule has 0 spiro atoms. The third kappa shape index (κ3) is 1.14. The molecule has 1 aliphatic heterocycles. The van der Waals surface area contributed by atoms with Crippen LogP contribution in [0.2, 0.25) is 0 Å². The maximum atomic E-state index is 8.93. The second kappa shape index (κ2) is 2.81. The van der Waals surface area contributed by atoms with Gasteiger partial charge in [-0.1, -0.05) is 0 Å². The fraction of sp³-hybridized carbons (Fsp3) is 1.00. The first kappa shape index (κ1) is 7.90. The molecule has 60 valence electrons. The Kier molecular flexibility index (Phi) is 2.22. The molecule has 4 atom stereocenters. The van der Waals surface area contributed by atoms with Crippen LogP contribution in [0.25, 0.3) is 0 Å². The van der Waals surface area contributed by atoms with E-state index in [2.05, 4.69) is 4.74 Å². The van der Waals surface area contributed by atoms with Gasteiger partial charge in [-0.15, -0.1) is 0 Å². The molecule has 0 aromatic rings. The molecule has 5 heteroatoms. The number of hydrogen-bond acceptors (Lipinski definition) is 5. The van der Waals surface area contributed by atoms with Gasteiger partial charge in [-0.25, -0.2) is 0 Å². The fourth-order valence-corrected chi connectivity index (χ4v) is 0.880. The molecule has 1 unspecified atom stereocenters. The fourth-order valence-electron chi connectivity index (χ4n) is 0.880.